The summed E-state index contributed by atoms with van der Waals surface area (Å²) in [4.78, 5) is 17.5. The Labute approximate surface area is 189 Å². The monoisotopic (exact) mass is 450 g/mol. The molecule has 0 saturated carbocycles. The van der Waals surface area contributed by atoms with Crippen LogP contribution in [-0.4, -0.2) is 18.2 Å². The Kier molecular flexibility index (Phi) is 6.60. The third-order valence-electron chi connectivity index (χ3n) is 4.45. The summed E-state index contributed by atoms with van der Waals surface area (Å²) in [6, 6.07) is 22.6. The van der Waals surface area contributed by atoms with Crippen molar-refractivity contribution in [3.8, 4) is 11.5 Å². The van der Waals surface area contributed by atoms with Gasteiger partial charge in [-0.2, -0.15) is 0 Å². The van der Waals surface area contributed by atoms with E-state index in [1.54, 1.807) is 37.5 Å². The van der Waals surface area contributed by atoms with Crippen LogP contribution < -0.4 is 14.8 Å². The molecule has 3 aromatic carbocycles. The fourth-order valence-corrected chi connectivity index (χ4v) is 3.90. The molecule has 0 bridgehead atoms. The van der Waals surface area contributed by atoms with E-state index in [4.69, 9.17) is 21.1 Å². The van der Waals surface area contributed by atoms with Gasteiger partial charge in [-0.15, -0.1) is 0 Å². The molecule has 0 unspecified atom stereocenters. The quantitative estimate of drug-likeness (QED) is 0.481. The molecule has 1 N–H and O–H groups in total. The Hall–Kier alpha value is -3.22. The number of benzene rings is 3. The summed E-state index contributed by atoms with van der Waals surface area (Å²) in [5, 5.41) is 3.93. The largest absolute Gasteiger partial charge is 0.493 e. The third-order valence-corrected chi connectivity index (χ3v) is 5.61. The average molecular weight is 451 g/mol. The van der Waals surface area contributed by atoms with Crippen molar-refractivity contribution in [2.24, 2.45) is 4.99 Å². The molecular weight excluding hydrogens is 432 g/mol. The number of thioether (sulfide) groups is 1. The maximum atomic E-state index is 12.5. The van der Waals surface area contributed by atoms with Gasteiger partial charge < -0.3 is 14.8 Å². The number of amides is 1. The molecule has 1 aliphatic heterocycles. The van der Waals surface area contributed by atoms with Crippen molar-refractivity contribution in [2.45, 2.75) is 6.61 Å². The maximum absolute atomic E-state index is 12.5. The summed E-state index contributed by atoms with van der Waals surface area (Å²) >= 11 is 7.18. The number of hydrogen-bond donors (Lipinski definition) is 1. The standard InChI is InChI=1S/C24H19ClN2O3S/c1-29-20-9-5-8-17(22(20)30-15-16-6-3-2-4-7-16)14-21-23(28)27-24(31-21)26-19-12-10-18(25)11-13-19/h2-14H,15H2,1H3,(H,26,27,28)/b21-14+. The van der Waals surface area contributed by atoms with Crippen LogP contribution in [0.25, 0.3) is 6.08 Å². The van der Waals surface area contributed by atoms with Gasteiger partial charge in [0, 0.05) is 10.6 Å². The third kappa shape index (κ3) is 5.29. The normalized spacial score (nSPS) is 15.9. The van der Waals surface area contributed by atoms with Gasteiger partial charge in [-0.05, 0) is 53.7 Å². The number of nitrogens with zero attached hydrogens (tertiary/aromatic N) is 1. The molecule has 1 heterocycles. The zero-order valence-electron chi connectivity index (χ0n) is 16.7. The van der Waals surface area contributed by atoms with Gasteiger partial charge in [-0.25, -0.2) is 4.99 Å². The van der Waals surface area contributed by atoms with Crippen molar-refractivity contribution < 1.29 is 14.3 Å². The molecule has 3 aromatic rings. The number of amidine groups is 1. The first kappa shape index (κ1) is 21.0. The van der Waals surface area contributed by atoms with Crippen LogP contribution in [-0.2, 0) is 11.4 Å². The fourth-order valence-electron chi connectivity index (χ4n) is 2.95. The molecule has 156 valence electrons. The molecule has 0 spiro atoms. The minimum Gasteiger partial charge on any atom is -0.493 e. The van der Waals surface area contributed by atoms with Crippen molar-refractivity contribution in [2.75, 3.05) is 7.11 Å². The van der Waals surface area contributed by atoms with E-state index in [1.807, 2.05) is 48.5 Å². The van der Waals surface area contributed by atoms with Crippen LogP contribution in [0.3, 0.4) is 0 Å². The lowest BCUT2D eigenvalue weighted by Gasteiger charge is -2.13. The van der Waals surface area contributed by atoms with Crippen molar-refractivity contribution in [1.82, 2.24) is 5.32 Å². The summed E-state index contributed by atoms with van der Waals surface area (Å²) in [5.74, 6) is 0.969. The van der Waals surface area contributed by atoms with Crippen LogP contribution in [0, 0.1) is 0 Å². The van der Waals surface area contributed by atoms with Gasteiger partial charge >= 0.3 is 0 Å². The number of nitrogens with one attached hydrogen (secondary N) is 1. The van der Waals surface area contributed by atoms with E-state index in [0.717, 1.165) is 11.1 Å². The summed E-state index contributed by atoms with van der Waals surface area (Å²) in [6.07, 6.45) is 1.78. The zero-order valence-corrected chi connectivity index (χ0v) is 18.2. The molecule has 4 rings (SSSR count). The van der Waals surface area contributed by atoms with Crippen molar-refractivity contribution in [1.29, 1.82) is 0 Å². The number of carbonyl (C=O) groups excluding carboxylic acids is 1. The van der Waals surface area contributed by atoms with Crippen molar-refractivity contribution in [3.63, 3.8) is 0 Å². The van der Waals surface area contributed by atoms with Gasteiger partial charge in [0.25, 0.3) is 5.91 Å². The summed E-state index contributed by atoms with van der Waals surface area (Å²) in [6.45, 7) is 0.389. The SMILES string of the molecule is COc1cccc(/C=C2/SC(=Nc3ccc(Cl)cc3)NC2=O)c1OCc1ccccc1. The van der Waals surface area contributed by atoms with E-state index in [9.17, 15) is 4.79 Å². The van der Waals surface area contributed by atoms with E-state index < -0.39 is 0 Å². The molecule has 0 atom stereocenters. The molecule has 7 heteroatoms. The number of para-hydroxylation sites is 1. The molecule has 1 amide bonds. The molecule has 31 heavy (non-hydrogen) atoms. The molecule has 1 saturated heterocycles. The number of aliphatic imine (C=N–C) groups is 1. The van der Waals surface area contributed by atoms with E-state index in [0.29, 0.717) is 38.9 Å². The first-order chi connectivity index (χ1) is 15.1. The maximum Gasteiger partial charge on any atom is 0.264 e. The lowest BCUT2D eigenvalue weighted by Crippen LogP contribution is -2.19. The van der Waals surface area contributed by atoms with Crippen LogP contribution in [0.2, 0.25) is 5.02 Å². The van der Waals surface area contributed by atoms with Gasteiger partial charge in [0.15, 0.2) is 16.7 Å². The van der Waals surface area contributed by atoms with Crippen LogP contribution in [0.1, 0.15) is 11.1 Å². The van der Waals surface area contributed by atoms with Crippen LogP contribution in [0.5, 0.6) is 11.5 Å². The van der Waals surface area contributed by atoms with E-state index in [1.165, 1.54) is 11.8 Å². The second kappa shape index (κ2) is 9.73. The summed E-state index contributed by atoms with van der Waals surface area (Å²) in [7, 11) is 1.59. The van der Waals surface area contributed by atoms with Crippen molar-refractivity contribution >= 4 is 46.2 Å². The molecule has 0 aromatic heterocycles. The smallest absolute Gasteiger partial charge is 0.264 e. The lowest BCUT2D eigenvalue weighted by molar-refractivity contribution is -0.115. The highest BCUT2D eigenvalue weighted by Gasteiger charge is 2.24. The predicted molar refractivity (Wildman–Crippen MR) is 126 cm³/mol. The van der Waals surface area contributed by atoms with E-state index in [-0.39, 0.29) is 5.91 Å². The van der Waals surface area contributed by atoms with E-state index in [2.05, 4.69) is 10.3 Å². The van der Waals surface area contributed by atoms with Crippen LogP contribution >= 0.6 is 23.4 Å². The number of hydrogen-bond acceptors (Lipinski definition) is 5. The van der Waals surface area contributed by atoms with E-state index >= 15 is 0 Å². The molecule has 1 fully saturated rings. The van der Waals surface area contributed by atoms with Gasteiger partial charge in [-0.1, -0.05) is 54.1 Å². The minimum absolute atomic E-state index is 0.213. The first-order valence-electron chi connectivity index (χ1n) is 9.51. The number of halogens is 1. The molecule has 1 aliphatic rings. The lowest BCUT2D eigenvalue weighted by atomic mass is 10.1. The number of methoxy groups -OCH3 is 1. The molecule has 5 nitrogen and oxygen atoms in total. The topological polar surface area (TPSA) is 59.9 Å². The van der Waals surface area contributed by atoms with Crippen LogP contribution in [0.15, 0.2) is 82.7 Å². The Bertz CT molecular complexity index is 1150. The Balaban J connectivity index is 1.58. The number of ether oxygens (including phenoxy) is 2. The van der Waals surface area contributed by atoms with Gasteiger partial charge in [0.2, 0.25) is 0 Å². The van der Waals surface area contributed by atoms with Crippen LogP contribution in [0.4, 0.5) is 5.69 Å². The number of rotatable bonds is 6. The fraction of sp³-hybridized carbons (Fsp3) is 0.0833. The molecular formula is C24H19ClN2O3S. The highest BCUT2D eigenvalue weighted by atomic mass is 35.5. The number of carbonyl (C=O) groups is 1. The highest BCUT2D eigenvalue weighted by molar-refractivity contribution is 8.18. The van der Waals surface area contributed by atoms with Gasteiger partial charge in [0.05, 0.1) is 17.7 Å². The second-order valence-corrected chi connectivity index (χ2v) is 8.08. The minimum atomic E-state index is -0.213. The van der Waals surface area contributed by atoms with Crippen molar-refractivity contribution in [3.05, 3.63) is 93.9 Å². The first-order valence-corrected chi connectivity index (χ1v) is 10.7. The average Bonchev–Trinajstić information content (AvgIpc) is 3.13. The van der Waals surface area contributed by atoms with Gasteiger partial charge in [-0.3, -0.25) is 4.79 Å². The van der Waals surface area contributed by atoms with Gasteiger partial charge in [0.1, 0.15) is 6.61 Å². The Morgan fingerprint density at radius 2 is 1.81 bits per heavy atom. The Morgan fingerprint density at radius 1 is 1.03 bits per heavy atom. The second-order valence-electron chi connectivity index (χ2n) is 6.61. The molecule has 0 radical (unpaired) electrons. The predicted octanol–water partition coefficient (Wildman–Crippen LogP) is 5.82. The Morgan fingerprint density at radius 3 is 2.55 bits per heavy atom. The summed E-state index contributed by atoms with van der Waals surface area (Å²) < 4.78 is 11.6. The molecule has 0 aliphatic carbocycles. The zero-order chi connectivity index (χ0) is 21.6. The highest BCUT2D eigenvalue weighted by Crippen LogP contribution is 2.36. The summed E-state index contributed by atoms with van der Waals surface area (Å²) in [5.41, 5.74) is 2.50.